The standard InChI is InChI=1S/C24H38O/c1-3-5-7-9-21-10-12-22(13-11-21)14-15-23-16-18-24(19-17-23)25-20-8-6-4-2/h12,16-19,21H,3-11,13-15,20H2,1-2H3. The van der Waals surface area contributed by atoms with Gasteiger partial charge in [0.1, 0.15) is 5.75 Å². The Kier molecular flexibility index (Phi) is 9.77. The Morgan fingerprint density at radius 2 is 1.68 bits per heavy atom. The molecular weight excluding hydrogens is 304 g/mol. The van der Waals surface area contributed by atoms with E-state index >= 15 is 0 Å². The van der Waals surface area contributed by atoms with Gasteiger partial charge in [0.25, 0.3) is 0 Å². The van der Waals surface area contributed by atoms with Crippen molar-refractivity contribution in [2.24, 2.45) is 5.92 Å². The maximum absolute atomic E-state index is 5.80. The summed E-state index contributed by atoms with van der Waals surface area (Å²) >= 11 is 0. The van der Waals surface area contributed by atoms with Gasteiger partial charge in [0.05, 0.1) is 6.61 Å². The second-order valence-electron chi connectivity index (χ2n) is 7.70. The summed E-state index contributed by atoms with van der Waals surface area (Å²) in [7, 11) is 0. The molecule has 0 amide bonds. The van der Waals surface area contributed by atoms with Crippen molar-refractivity contribution >= 4 is 0 Å². The van der Waals surface area contributed by atoms with Crippen molar-refractivity contribution in [1.82, 2.24) is 0 Å². The minimum absolute atomic E-state index is 0.847. The molecule has 0 aromatic heterocycles. The van der Waals surface area contributed by atoms with Crippen molar-refractivity contribution in [3.8, 4) is 5.75 Å². The lowest BCUT2D eigenvalue weighted by molar-refractivity contribution is 0.306. The molecule has 1 atom stereocenters. The number of hydrogen-bond acceptors (Lipinski definition) is 1. The summed E-state index contributed by atoms with van der Waals surface area (Å²) in [4.78, 5) is 0. The van der Waals surface area contributed by atoms with Crippen LogP contribution >= 0.6 is 0 Å². The minimum Gasteiger partial charge on any atom is -0.494 e. The summed E-state index contributed by atoms with van der Waals surface area (Å²) in [5.74, 6) is 1.98. The van der Waals surface area contributed by atoms with Crippen molar-refractivity contribution < 1.29 is 4.74 Å². The predicted octanol–water partition coefficient (Wildman–Crippen LogP) is 7.50. The zero-order valence-corrected chi connectivity index (χ0v) is 16.6. The number of unbranched alkanes of at least 4 members (excludes halogenated alkanes) is 4. The van der Waals surface area contributed by atoms with Gasteiger partial charge >= 0.3 is 0 Å². The molecule has 0 bridgehead atoms. The van der Waals surface area contributed by atoms with E-state index in [1.54, 1.807) is 5.57 Å². The van der Waals surface area contributed by atoms with Gasteiger partial charge in [0, 0.05) is 0 Å². The van der Waals surface area contributed by atoms with E-state index in [1.165, 1.54) is 76.2 Å². The minimum atomic E-state index is 0.847. The third kappa shape index (κ3) is 8.12. The fraction of sp³-hybridized carbons (Fsp3) is 0.667. The van der Waals surface area contributed by atoms with E-state index in [9.17, 15) is 0 Å². The molecule has 0 radical (unpaired) electrons. The van der Waals surface area contributed by atoms with E-state index in [2.05, 4.69) is 44.2 Å². The van der Waals surface area contributed by atoms with Gasteiger partial charge in [-0.2, -0.15) is 0 Å². The lowest BCUT2D eigenvalue weighted by Gasteiger charge is -2.22. The molecule has 140 valence electrons. The van der Waals surface area contributed by atoms with Crippen LogP contribution in [0.4, 0.5) is 0 Å². The Morgan fingerprint density at radius 1 is 0.920 bits per heavy atom. The van der Waals surface area contributed by atoms with Gasteiger partial charge in [0.15, 0.2) is 0 Å². The molecule has 1 aliphatic rings. The molecule has 1 unspecified atom stereocenters. The van der Waals surface area contributed by atoms with Gasteiger partial charge in [-0.15, -0.1) is 0 Å². The van der Waals surface area contributed by atoms with E-state index < -0.39 is 0 Å². The summed E-state index contributed by atoms with van der Waals surface area (Å²) in [6.45, 7) is 5.37. The van der Waals surface area contributed by atoms with Gasteiger partial charge in [-0.1, -0.05) is 76.2 Å². The molecule has 0 saturated heterocycles. The van der Waals surface area contributed by atoms with E-state index in [0.29, 0.717) is 0 Å². The average molecular weight is 343 g/mol. The Bertz CT molecular complexity index is 485. The molecule has 0 N–H and O–H groups in total. The quantitative estimate of drug-likeness (QED) is 0.282. The molecule has 2 rings (SSSR count). The molecule has 0 aliphatic heterocycles. The zero-order chi connectivity index (χ0) is 17.7. The van der Waals surface area contributed by atoms with Crippen LogP contribution in [0, 0.1) is 5.92 Å². The van der Waals surface area contributed by atoms with Crippen LogP contribution in [0.15, 0.2) is 35.9 Å². The van der Waals surface area contributed by atoms with Crippen LogP contribution in [0.2, 0.25) is 0 Å². The normalized spacial score (nSPS) is 17.4. The molecule has 1 aliphatic carbocycles. The van der Waals surface area contributed by atoms with Crippen LogP contribution in [-0.4, -0.2) is 6.61 Å². The number of aryl methyl sites for hydroxylation is 1. The summed E-state index contributed by atoms with van der Waals surface area (Å²) in [5, 5.41) is 0. The van der Waals surface area contributed by atoms with Crippen molar-refractivity contribution in [3.63, 3.8) is 0 Å². The SMILES string of the molecule is CCCCCOc1ccc(CCC2=CCC(CCCCC)CC2)cc1. The summed E-state index contributed by atoms with van der Waals surface area (Å²) < 4.78 is 5.80. The number of allylic oxidation sites excluding steroid dienone is 2. The van der Waals surface area contributed by atoms with Crippen LogP contribution in [-0.2, 0) is 6.42 Å². The predicted molar refractivity (Wildman–Crippen MR) is 109 cm³/mol. The third-order valence-electron chi connectivity index (χ3n) is 5.50. The van der Waals surface area contributed by atoms with Gasteiger partial charge in [-0.05, 0) is 62.1 Å². The van der Waals surface area contributed by atoms with Crippen LogP contribution in [0.3, 0.4) is 0 Å². The first-order valence-electron chi connectivity index (χ1n) is 10.7. The molecule has 0 fully saturated rings. The van der Waals surface area contributed by atoms with Gasteiger partial charge < -0.3 is 4.74 Å². The molecule has 1 aromatic rings. The molecular formula is C24H38O. The van der Waals surface area contributed by atoms with Crippen molar-refractivity contribution in [3.05, 3.63) is 41.5 Å². The molecule has 0 saturated carbocycles. The van der Waals surface area contributed by atoms with Crippen LogP contribution in [0.25, 0.3) is 0 Å². The highest BCUT2D eigenvalue weighted by molar-refractivity contribution is 5.28. The van der Waals surface area contributed by atoms with Crippen LogP contribution in [0.1, 0.15) is 90.0 Å². The molecule has 1 aromatic carbocycles. The smallest absolute Gasteiger partial charge is 0.119 e. The Hall–Kier alpha value is -1.24. The summed E-state index contributed by atoms with van der Waals surface area (Å²) in [6, 6.07) is 8.76. The highest BCUT2D eigenvalue weighted by Gasteiger charge is 2.13. The molecule has 1 nitrogen and oxygen atoms in total. The molecule has 25 heavy (non-hydrogen) atoms. The molecule has 0 spiro atoms. The fourth-order valence-corrected chi connectivity index (χ4v) is 3.71. The maximum atomic E-state index is 5.80. The van der Waals surface area contributed by atoms with Crippen molar-refractivity contribution in [2.45, 2.75) is 90.9 Å². The highest BCUT2D eigenvalue weighted by Crippen LogP contribution is 2.30. The number of benzene rings is 1. The Balaban J connectivity index is 1.66. The average Bonchev–Trinajstić information content (AvgIpc) is 2.66. The summed E-state index contributed by atoms with van der Waals surface area (Å²) in [5.41, 5.74) is 3.12. The Labute approximate surface area is 155 Å². The number of hydrogen-bond donors (Lipinski definition) is 0. The topological polar surface area (TPSA) is 9.23 Å². The lowest BCUT2D eigenvalue weighted by atomic mass is 9.84. The van der Waals surface area contributed by atoms with Crippen LogP contribution in [0.5, 0.6) is 5.75 Å². The lowest BCUT2D eigenvalue weighted by Crippen LogP contribution is -2.06. The molecule has 1 heteroatoms. The second kappa shape index (κ2) is 12.2. The Morgan fingerprint density at radius 3 is 2.36 bits per heavy atom. The zero-order valence-electron chi connectivity index (χ0n) is 16.6. The van der Waals surface area contributed by atoms with E-state index in [-0.39, 0.29) is 0 Å². The highest BCUT2D eigenvalue weighted by atomic mass is 16.5. The van der Waals surface area contributed by atoms with Gasteiger partial charge in [-0.25, -0.2) is 0 Å². The van der Waals surface area contributed by atoms with Crippen molar-refractivity contribution in [1.29, 1.82) is 0 Å². The fourth-order valence-electron chi connectivity index (χ4n) is 3.71. The first-order chi connectivity index (χ1) is 12.3. The van der Waals surface area contributed by atoms with E-state index in [4.69, 9.17) is 4.74 Å². The first-order valence-corrected chi connectivity index (χ1v) is 10.7. The first kappa shape index (κ1) is 20.1. The monoisotopic (exact) mass is 342 g/mol. The molecule has 0 heterocycles. The number of ether oxygens (including phenoxy) is 1. The maximum Gasteiger partial charge on any atom is 0.119 e. The van der Waals surface area contributed by atoms with E-state index in [0.717, 1.165) is 24.7 Å². The van der Waals surface area contributed by atoms with Gasteiger partial charge in [0.2, 0.25) is 0 Å². The van der Waals surface area contributed by atoms with Crippen molar-refractivity contribution in [2.75, 3.05) is 6.61 Å². The van der Waals surface area contributed by atoms with Crippen LogP contribution < -0.4 is 4.74 Å². The van der Waals surface area contributed by atoms with E-state index in [1.807, 2.05) is 0 Å². The third-order valence-corrected chi connectivity index (χ3v) is 5.50. The number of rotatable bonds is 12. The largest absolute Gasteiger partial charge is 0.494 e. The second-order valence-corrected chi connectivity index (χ2v) is 7.70. The van der Waals surface area contributed by atoms with Gasteiger partial charge in [-0.3, -0.25) is 0 Å². The summed E-state index contributed by atoms with van der Waals surface area (Å²) in [6.07, 6.45) is 18.3.